The zero-order chi connectivity index (χ0) is 17.8. The van der Waals surface area contributed by atoms with Crippen molar-refractivity contribution in [2.24, 2.45) is 0 Å². The quantitative estimate of drug-likeness (QED) is 0.524. The Kier molecular flexibility index (Phi) is 5.82. The Balaban J connectivity index is 1.75. The Morgan fingerprint density at radius 3 is 2.40 bits per heavy atom. The summed E-state index contributed by atoms with van der Waals surface area (Å²) in [6.07, 6.45) is 6.97. The summed E-state index contributed by atoms with van der Waals surface area (Å²) in [7, 11) is 0. The van der Waals surface area contributed by atoms with Crippen molar-refractivity contribution in [3.8, 4) is 0 Å². The molecule has 0 heterocycles. The zero-order valence-electron chi connectivity index (χ0n) is 14.8. The molecule has 0 saturated heterocycles. The van der Waals surface area contributed by atoms with Crippen LogP contribution in [0, 0.1) is 17.5 Å². The molecule has 3 heteroatoms. The fourth-order valence-corrected chi connectivity index (χ4v) is 3.90. The lowest BCUT2D eigenvalue weighted by atomic mass is 9.79. The van der Waals surface area contributed by atoms with Crippen LogP contribution in [0.5, 0.6) is 0 Å². The van der Waals surface area contributed by atoms with Gasteiger partial charge in [-0.15, -0.1) is 0 Å². The van der Waals surface area contributed by atoms with Gasteiger partial charge in [0.1, 0.15) is 17.5 Å². The largest absolute Gasteiger partial charge is 0.207 e. The molecule has 0 aromatic heterocycles. The maximum atomic E-state index is 14.6. The molecule has 0 amide bonds. The van der Waals surface area contributed by atoms with Crippen molar-refractivity contribution in [3.05, 3.63) is 70.0 Å². The molecule has 2 aromatic rings. The average molecular weight is 346 g/mol. The molecule has 25 heavy (non-hydrogen) atoms. The van der Waals surface area contributed by atoms with E-state index in [0.717, 1.165) is 48.8 Å². The summed E-state index contributed by atoms with van der Waals surface area (Å²) in [6.45, 7) is 2.14. The second kappa shape index (κ2) is 8.07. The Hall–Kier alpha value is -1.77. The van der Waals surface area contributed by atoms with E-state index in [2.05, 4.69) is 6.92 Å². The van der Waals surface area contributed by atoms with E-state index in [1.54, 1.807) is 6.07 Å². The Morgan fingerprint density at radius 1 is 0.920 bits per heavy atom. The average Bonchev–Trinajstić information content (AvgIpc) is 2.58. The molecule has 0 bridgehead atoms. The Labute approximate surface area is 148 Å². The number of benzene rings is 2. The van der Waals surface area contributed by atoms with Crippen molar-refractivity contribution in [1.29, 1.82) is 0 Å². The maximum Gasteiger partial charge on any atom is 0.129 e. The topological polar surface area (TPSA) is 0 Å². The van der Waals surface area contributed by atoms with E-state index < -0.39 is 11.6 Å². The van der Waals surface area contributed by atoms with Gasteiger partial charge in [-0.25, -0.2) is 13.2 Å². The summed E-state index contributed by atoms with van der Waals surface area (Å²) in [6, 6.07) is 7.72. The molecule has 1 aliphatic carbocycles. The van der Waals surface area contributed by atoms with Crippen LogP contribution < -0.4 is 0 Å². The molecule has 0 radical (unpaired) electrons. The maximum absolute atomic E-state index is 14.6. The van der Waals surface area contributed by atoms with Crippen molar-refractivity contribution in [2.75, 3.05) is 0 Å². The number of fused-ring (bicyclic) bond motifs is 1. The second-order valence-corrected chi connectivity index (χ2v) is 7.14. The minimum atomic E-state index is -0.430. The molecule has 0 aliphatic heterocycles. The van der Waals surface area contributed by atoms with Crippen molar-refractivity contribution in [1.82, 2.24) is 0 Å². The molecule has 3 rings (SSSR count). The molecule has 1 atom stereocenters. The minimum absolute atomic E-state index is 0.174. The summed E-state index contributed by atoms with van der Waals surface area (Å²) in [5.41, 5.74) is 2.91. The lowest BCUT2D eigenvalue weighted by Gasteiger charge is -2.26. The zero-order valence-corrected chi connectivity index (χ0v) is 14.8. The van der Waals surface area contributed by atoms with Gasteiger partial charge in [0.15, 0.2) is 0 Å². The molecule has 0 spiro atoms. The summed E-state index contributed by atoms with van der Waals surface area (Å²) >= 11 is 0. The smallest absolute Gasteiger partial charge is 0.129 e. The van der Waals surface area contributed by atoms with Crippen molar-refractivity contribution in [2.45, 2.75) is 64.2 Å². The van der Waals surface area contributed by atoms with Gasteiger partial charge in [-0.2, -0.15) is 0 Å². The van der Waals surface area contributed by atoms with Gasteiger partial charge in [0.05, 0.1) is 0 Å². The summed E-state index contributed by atoms with van der Waals surface area (Å²) in [5, 5.41) is 0. The van der Waals surface area contributed by atoms with E-state index in [0.29, 0.717) is 19.3 Å². The lowest BCUT2D eigenvalue weighted by molar-refractivity contribution is 0.487. The molecule has 0 fully saturated rings. The van der Waals surface area contributed by atoms with Crippen LogP contribution in [0.2, 0.25) is 0 Å². The molecule has 1 unspecified atom stereocenters. The van der Waals surface area contributed by atoms with Crippen molar-refractivity contribution < 1.29 is 13.2 Å². The van der Waals surface area contributed by atoms with Gasteiger partial charge in [0.25, 0.3) is 0 Å². The van der Waals surface area contributed by atoms with Gasteiger partial charge in [0, 0.05) is 5.56 Å². The van der Waals surface area contributed by atoms with Crippen LogP contribution in [0.4, 0.5) is 13.2 Å². The molecule has 134 valence electrons. The first kappa shape index (κ1) is 18.0. The molecule has 0 saturated carbocycles. The summed E-state index contributed by atoms with van der Waals surface area (Å²) in [5.74, 6) is -1.28. The molecular weight excluding hydrogens is 321 g/mol. The highest BCUT2D eigenvalue weighted by atomic mass is 19.1. The summed E-state index contributed by atoms with van der Waals surface area (Å²) < 4.78 is 42.5. The number of rotatable bonds is 6. The SMILES string of the molecule is CCCCCCc1cc(F)c(C2CCc3cc(F)ccc3C2)c(F)c1. The second-order valence-electron chi connectivity index (χ2n) is 7.14. The number of hydrogen-bond acceptors (Lipinski definition) is 0. The van der Waals surface area contributed by atoms with Crippen LogP contribution >= 0.6 is 0 Å². The van der Waals surface area contributed by atoms with Crippen LogP contribution in [-0.2, 0) is 19.3 Å². The van der Waals surface area contributed by atoms with Crippen molar-refractivity contribution >= 4 is 0 Å². The van der Waals surface area contributed by atoms with Gasteiger partial charge >= 0.3 is 0 Å². The predicted octanol–water partition coefficient (Wildman–Crippen LogP) is 6.50. The third kappa shape index (κ3) is 4.26. The van der Waals surface area contributed by atoms with E-state index in [1.807, 2.05) is 0 Å². The van der Waals surface area contributed by atoms with E-state index in [9.17, 15) is 13.2 Å². The van der Waals surface area contributed by atoms with E-state index in [1.165, 1.54) is 24.3 Å². The van der Waals surface area contributed by atoms with Gasteiger partial charge in [-0.05, 0) is 79.0 Å². The number of aryl methyl sites for hydroxylation is 2. The number of unbranched alkanes of at least 4 members (excludes halogenated alkanes) is 3. The molecule has 1 aliphatic rings. The van der Waals surface area contributed by atoms with Gasteiger partial charge in [-0.3, -0.25) is 0 Å². The van der Waals surface area contributed by atoms with Crippen molar-refractivity contribution in [3.63, 3.8) is 0 Å². The van der Waals surface area contributed by atoms with E-state index >= 15 is 0 Å². The first-order chi connectivity index (χ1) is 12.1. The minimum Gasteiger partial charge on any atom is -0.207 e. The van der Waals surface area contributed by atoms with Crippen LogP contribution in [0.3, 0.4) is 0 Å². The number of hydrogen-bond donors (Lipinski definition) is 0. The molecular formula is C22H25F3. The van der Waals surface area contributed by atoms with Crippen LogP contribution in [0.25, 0.3) is 0 Å². The third-order valence-corrected chi connectivity index (χ3v) is 5.26. The van der Waals surface area contributed by atoms with E-state index in [4.69, 9.17) is 0 Å². The Bertz CT molecular complexity index is 713. The molecule has 2 aromatic carbocycles. The normalized spacial score (nSPS) is 16.7. The van der Waals surface area contributed by atoms with Crippen LogP contribution in [0.15, 0.2) is 30.3 Å². The molecule has 0 nitrogen and oxygen atoms in total. The van der Waals surface area contributed by atoms with Gasteiger partial charge in [0.2, 0.25) is 0 Å². The highest BCUT2D eigenvalue weighted by Gasteiger charge is 2.26. The van der Waals surface area contributed by atoms with E-state index in [-0.39, 0.29) is 17.3 Å². The summed E-state index contributed by atoms with van der Waals surface area (Å²) in [4.78, 5) is 0. The third-order valence-electron chi connectivity index (χ3n) is 5.26. The first-order valence-electron chi connectivity index (χ1n) is 9.33. The number of halogens is 3. The standard InChI is InChI=1S/C22H25F3/c1-2-3-4-5-6-15-11-20(24)22(21(25)12-15)18-8-7-17-14-19(23)10-9-16(17)13-18/h9-12,14,18H,2-8,13H2,1H3. The van der Waals surface area contributed by atoms with Gasteiger partial charge < -0.3 is 0 Å². The fourth-order valence-electron chi connectivity index (χ4n) is 3.90. The van der Waals surface area contributed by atoms with Gasteiger partial charge in [-0.1, -0.05) is 32.3 Å². The lowest BCUT2D eigenvalue weighted by Crippen LogP contribution is -2.16. The van der Waals surface area contributed by atoms with Crippen LogP contribution in [0.1, 0.15) is 67.2 Å². The Morgan fingerprint density at radius 2 is 1.68 bits per heavy atom. The highest BCUT2D eigenvalue weighted by Crippen LogP contribution is 2.36. The van der Waals surface area contributed by atoms with Crippen LogP contribution in [-0.4, -0.2) is 0 Å². The fraction of sp³-hybridized carbons (Fsp3) is 0.455. The highest BCUT2D eigenvalue weighted by molar-refractivity contribution is 5.36. The first-order valence-corrected chi connectivity index (χ1v) is 9.33. The monoisotopic (exact) mass is 346 g/mol. The molecule has 0 N–H and O–H groups in total. The predicted molar refractivity (Wildman–Crippen MR) is 95.4 cm³/mol.